The first-order valence-electron chi connectivity index (χ1n) is 9.66. The van der Waals surface area contributed by atoms with Crippen LogP contribution in [0.2, 0.25) is 0 Å². The Morgan fingerprint density at radius 3 is 2.76 bits per heavy atom. The van der Waals surface area contributed by atoms with E-state index in [1.165, 1.54) is 12.8 Å². The van der Waals surface area contributed by atoms with Gasteiger partial charge in [-0.1, -0.05) is 19.8 Å². The Kier molecular flexibility index (Phi) is 4.48. The molecule has 2 atom stereocenters. The molecule has 0 radical (unpaired) electrons. The Morgan fingerprint density at radius 1 is 1.20 bits per heavy atom. The highest BCUT2D eigenvalue weighted by atomic mass is 16.2. The number of nitrogens with one attached hydrogen (secondary N) is 1. The van der Waals surface area contributed by atoms with Crippen LogP contribution in [0.4, 0.5) is 0 Å². The minimum atomic E-state index is -0.193. The van der Waals surface area contributed by atoms with Gasteiger partial charge in [0.05, 0.1) is 5.92 Å². The predicted molar refractivity (Wildman–Crippen MR) is 91.7 cm³/mol. The Balaban J connectivity index is 1.35. The summed E-state index contributed by atoms with van der Waals surface area (Å²) in [4.78, 5) is 27.0. The van der Waals surface area contributed by atoms with E-state index in [4.69, 9.17) is 0 Å². The van der Waals surface area contributed by atoms with Crippen molar-refractivity contribution in [1.29, 1.82) is 0 Å². The van der Waals surface area contributed by atoms with Crippen molar-refractivity contribution in [2.24, 2.45) is 5.92 Å². The largest absolute Gasteiger partial charge is 0.351 e. The average Bonchev–Trinajstić information content (AvgIpc) is 3.33. The molecule has 25 heavy (non-hydrogen) atoms. The molecule has 2 amide bonds. The number of fused-ring (bicyclic) bond motifs is 1. The van der Waals surface area contributed by atoms with Gasteiger partial charge < -0.3 is 14.8 Å². The molecule has 1 aromatic heterocycles. The smallest absolute Gasteiger partial charge is 0.225 e. The molecule has 3 heterocycles. The number of amides is 2. The lowest BCUT2D eigenvalue weighted by atomic mass is 10.0. The van der Waals surface area contributed by atoms with Crippen molar-refractivity contribution in [1.82, 2.24) is 25.0 Å². The lowest BCUT2D eigenvalue weighted by molar-refractivity contribution is -0.130. The molecule has 4 rings (SSSR count). The van der Waals surface area contributed by atoms with Gasteiger partial charge in [0, 0.05) is 44.4 Å². The molecule has 1 N–H and O–H groups in total. The highest BCUT2D eigenvalue weighted by Crippen LogP contribution is 2.29. The standard InChI is InChI=1S/C18H27N5O2/c1-2-15-20-21-16-8-7-13(11-23(15)16)19-18(25)12-9-17(24)22(10-12)14-5-3-4-6-14/h12-14H,2-11H2,1H3,(H,19,25). The molecule has 1 aliphatic carbocycles. The number of hydrogen-bond acceptors (Lipinski definition) is 4. The van der Waals surface area contributed by atoms with E-state index < -0.39 is 0 Å². The molecule has 1 aromatic rings. The molecule has 3 aliphatic rings. The Bertz CT molecular complexity index is 651. The van der Waals surface area contributed by atoms with E-state index in [9.17, 15) is 9.59 Å². The van der Waals surface area contributed by atoms with Crippen LogP contribution < -0.4 is 5.32 Å². The van der Waals surface area contributed by atoms with Crippen molar-refractivity contribution in [2.45, 2.75) is 76.9 Å². The van der Waals surface area contributed by atoms with Crippen molar-refractivity contribution in [3.63, 3.8) is 0 Å². The van der Waals surface area contributed by atoms with E-state index >= 15 is 0 Å². The third-order valence-corrected chi connectivity index (χ3v) is 5.98. The summed E-state index contributed by atoms with van der Waals surface area (Å²) < 4.78 is 2.14. The average molecular weight is 345 g/mol. The highest BCUT2D eigenvalue weighted by Gasteiger charge is 2.39. The zero-order valence-electron chi connectivity index (χ0n) is 14.9. The van der Waals surface area contributed by atoms with Gasteiger partial charge in [-0.2, -0.15) is 0 Å². The molecule has 2 unspecified atom stereocenters. The van der Waals surface area contributed by atoms with Crippen molar-refractivity contribution in [3.05, 3.63) is 11.6 Å². The maximum atomic E-state index is 12.7. The van der Waals surface area contributed by atoms with Gasteiger partial charge >= 0.3 is 0 Å². The summed E-state index contributed by atoms with van der Waals surface area (Å²) in [6.45, 7) is 3.41. The molecule has 1 saturated heterocycles. The number of carbonyl (C=O) groups is 2. The van der Waals surface area contributed by atoms with E-state index in [0.29, 0.717) is 19.0 Å². The number of hydrogen-bond donors (Lipinski definition) is 1. The minimum absolute atomic E-state index is 0.0356. The number of likely N-dealkylation sites (tertiary alicyclic amines) is 1. The monoisotopic (exact) mass is 345 g/mol. The number of nitrogens with zero attached hydrogens (tertiary/aromatic N) is 4. The van der Waals surface area contributed by atoms with E-state index in [1.807, 2.05) is 4.90 Å². The molecule has 7 heteroatoms. The first-order valence-corrected chi connectivity index (χ1v) is 9.66. The number of carbonyl (C=O) groups excluding carboxylic acids is 2. The van der Waals surface area contributed by atoms with Crippen LogP contribution in [0, 0.1) is 5.92 Å². The molecule has 0 spiro atoms. The Labute approximate surface area is 148 Å². The van der Waals surface area contributed by atoms with Gasteiger partial charge in [0.15, 0.2) is 0 Å². The second-order valence-electron chi connectivity index (χ2n) is 7.63. The Morgan fingerprint density at radius 2 is 2.00 bits per heavy atom. The molecule has 1 saturated carbocycles. The molecule has 7 nitrogen and oxygen atoms in total. The predicted octanol–water partition coefficient (Wildman–Crippen LogP) is 1.06. The summed E-state index contributed by atoms with van der Waals surface area (Å²) in [6.07, 6.45) is 7.55. The van der Waals surface area contributed by atoms with E-state index in [1.54, 1.807) is 0 Å². The SMILES string of the molecule is CCc1nnc2n1CC(NC(=O)C1CC(=O)N(C3CCCC3)C1)CC2. The van der Waals surface area contributed by atoms with Crippen molar-refractivity contribution >= 4 is 11.8 Å². The van der Waals surface area contributed by atoms with Crippen molar-refractivity contribution in [3.8, 4) is 0 Å². The fourth-order valence-electron chi connectivity index (χ4n) is 4.56. The molecule has 2 aliphatic heterocycles. The highest BCUT2D eigenvalue weighted by molar-refractivity contribution is 5.89. The van der Waals surface area contributed by atoms with Crippen LogP contribution in [-0.4, -0.2) is 50.1 Å². The summed E-state index contributed by atoms with van der Waals surface area (Å²) in [5.41, 5.74) is 0. The summed E-state index contributed by atoms with van der Waals surface area (Å²) >= 11 is 0. The Hall–Kier alpha value is -1.92. The number of aromatic nitrogens is 3. The van der Waals surface area contributed by atoms with E-state index in [0.717, 1.165) is 50.3 Å². The lowest BCUT2D eigenvalue weighted by Crippen LogP contribution is -2.44. The summed E-state index contributed by atoms with van der Waals surface area (Å²) in [5, 5.41) is 11.6. The van der Waals surface area contributed by atoms with Crippen LogP contribution in [0.1, 0.15) is 57.1 Å². The third-order valence-electron chi connectivity index (χ3n) is 5.98. The second kappa shape index (κ2) is 6.77. The number of rotatable bonds is 4. The lowest BCUT2D eigenvalue weighted by Gasteiger charge is -2.27. The van der Waals surface area contributed by atoms with Crippen LogP contribution in [0.5, 0.6) is 0 Å². The van der Waals surface area contributed by atoms with Crippen molar-refractivity contribution < 1.29 is 9.59 Å². The minimum Gasteiger partial charge on any atom is -0.351 e. The maximum absolute atomic E-state index is 12.7. The number of aryl methyl sites for hydroxylation is 2. The zero-order chi connectivity index (χ0) is 17.4. The van der Waals surface area contributed by atoms with Gasteiger partial charge in [0.25, 0.3) is 0 Å². The normalized spacial score (nSPS) is 26.9. The molecule has 136 valence electrons. The van der Waals surface area contributed by atoms with Gasteiger partial charge in [-0.25, -0.2) is 0 Å². The maximum Gasteiger partial charge on any atom is 0.225 e. The van der Waals surface area contributed by atoms with Crippen LogP contribution in [-0.2, 0) is 29.0 Å². The van der Waals surface area contributed by atoms with E-state index in [-0.39, 0.29) is 23.8 Å². The zero-order valence-corrected chi connectivity index (χ0v) is 14.9. The fourth-order valence-corrected chi connectivity index (χ4v) is 4.56. The van der Waals surface area contributed by atoms with Gasteiger partial charge in [0.1, 0.15) is 11.6 Å². The molecule has 0 bridgehead atoms. The van der Waals surface area contributed by atoms with Gasteiger partial charge in [-0.3, -0.25) is 9.59 Å². The first-order chi connectivity index (χ1) is 12.2. The quantitative estimate of drug-likeness (QED) is 0.885. The summed E-state index contributed by atoms with van der Waals surface area (Å²) in [7, 11) is 0. The van der Waals surface area contributed by atoms with Gasteiger partial charge in [-0.15, -0.1) is 10.2 Å². The topological polar surface area (TPSA) is 80.1 Å². The molecule has 2 fully saturated rings. The molecular formula is C18H27N5O2. The van der Waals surface area contributed by atoms with Crippen molar-refractivity contribution in [2.75, 3.05) is 6.54 Å². The second-order valence-corrected chi connectivity index (χ2v) is 7.63. The van der Waals surface area contributed by atoms with Gasteiger partial charge in [0.2, 0.25) is 11.8 Å². The first kappa shape index (κ1) is 16.5. The van der Waals surface area contributed by atoms with Gasteiger partial charge in [-0.05, 0) is 19.3 Å². The summed E-state index contributed by atoms with van der Waals surface area (Å²) in [5.74, 6) is 2.00. The van der Waals surface area contributed by atoms with Crippen LogP contribution >= 0.6 is 0 Å². The van der Waals surface area contributed by atoms with Crippen LogP contribution in [0.3, 0.4) is 0 Å². The molecular weight excluding hydrogens is 318 g/mol. The van der Waals surface area contributed by atoms with Crippen LogP contribution in [0.15, 0.2) is 0 Å². The third kappa shape index (κ3) is 3.16. The van der Waals surface area contributed by atoms with E-state index in [2.05, 4.69) is 27.0 Å². The molecule has 0 aromatic carbocycles. The fraction of sp³-hybridized carbons (Fsp3) is 0.778. The van der Waals surface area contributed by atoms with Crippen LogP contribution in [0.25, 0.3) is 0 Å². The summed E-state index contributed by atoms with van der Waals surface area (Å²) in [6, 6.07) is 0.476.